The van der Waals surface area contributed by atoms with Crippen molar-refractivity contribution in [2.45, 2.75) is 39.0 Å². The van der Waals surface area contributed by atoms with Crippen LogP contribution >= 0.6 is 0 Å². The number of likely N-dealkylation sites (tertiary alicyclic amines) is 1. The molecule has 1 N–H and O–H groups in total. The van der Waals surface area contributed by atoms with Gasteiger partial charge in [0.25, 0.3) is 0 Å². The first kappa shape index (κ1) is 15.3. The lowest BCUT2D eigenvalue weighted by Gasteiger charge is -2.39. The highest BCUT2D eigenvalue weighted by Gasteiger charge is 2.35. The highest BCUT2D eigenvalue weighted by Crippen LogP contribution is 2.33. The maximum absolute atomic E-state index is 3.59. The molecule has 2 fully saturated rings. The first-order valence-electron chi connectivity index (χ1n) is 8.21. The van der Waals surface area contributed by atoms with Crippen LogP contribution in [-0.4, -0.2) is 63.2 Å². The molecular weight excluding hydrogens is 234 g/mol. The van der Waals surface area contributed by atoms with Crippen molar-refractivity contribution in [3.05, 3.63) is 0 Å². The lowest BCUT2D eigenvalue weighted by Crippen LogP contribution is -2.44. The minimum atomic E-state index is 0.586. The van der Waals surface area contributed by atoms with Gasteiger partial charge in [0.05, 0.1) is 0 Å². The van der Waals surface area contributed by atoms with E-state index < -0.39 is 0 Å². The van der Waals surface area contributed by atoms with Crippen LogP contribution in [0.2, 0.25) is 0 Å². The van der Waals surface area contributed by atoms with Gasteiger partial charge in [-0.1, -0.05) is 13.3 Å². The molecule has 2 saturated heterocycles. The van der Waals surface area contributed by atoms with Crippen molar-refractivity contribution in [1.82, 2.24) is 15.1 Å². The van der Waals surface area contributed by atoms with E-state index in [1.54, 1.807) is 0 Å². The van der Waals surface area contributed by atoms with Crippen LogP contribution in [0, 0.1) is 11.3 Å². The summed E-state index contributed by atoms with van der Waals surface area (Å²) in [4.78, 5) is 5.09. The summed E-state index contributed by atoms with van der Waals surface area (Å²) in [6.45, 7) is 10.1. The van der Waals surface area contributed by atoms with Crippen molar-refractivity contribution in [2.24, 2.45) is 11.3 Å². The Morgan fingerprint density at radius 1 is 1.26 bits per heavy atom. The maximum atomic E-state index is 3.59. The minimum absolute atomic E-state index is 0.586. The Morgan fingerprint density at radius 3 is 2.53 bits per heavy atom. The normalized spacial score (nSPS) is 30.3. The second-order valence-electron chi connectivity index (χ2n) is 7.16. The number of hydrogen-bond acceptors (Lipinski definition) is 3. The Bertz CT molecular complexity index is 251. The lowest BCUT2D eigenvalue weighted by atomic mass is 9.81. The van der Waals surface area contributed by atoms with E-state index in [9.17, 15) is 0 Å². The van der Waals surface area contributed by atoms with Gasteiger partial charge < -0.3 is 15.1 Å². The summed E-state index contributed by atoms with van der Waals surface area (Å²) in [5, 5.41) is 3.59. The summed E-state index contributed by atoms with van der Waals surface area (Å²) >= 11 is 0. The van der Waals surface area contributed by atoms with Crippen LogP contribution in [-0.2, 0) is 0 Å². The largest absolute Gasteiger partial charge is 0.316 e. The Balaban J connectivity index is 1.78. The first-order valence-corrected chi connectivity index (χ1v) is 8.21. The molecule has 1 atom stereocenters. The fraction of sp³-hybridized carbons (Fsp3) is 1.00. The molecule has 2 heterocycles. The molecule has 0 radical (unpaired) electrons. The standard InChI is InChI=1S/C16H33N3/c1-4-7-16(8-9-17-13-16)14-19-10-5-15(6-11-19)12-18(2)3/h15,17H,4-14H2,1-3H3. The second kappa shape index (κ2) is 7.05. The zero-order chi connectivity index (χ0) is 13.7. The van der Waals surface area contributed by atoms with Gasteiger partial charge in [0, 0.05) is 19.6 Å². The molecule has 19 heavy (non-hydrogen) atoms. The maximum Gasteiger partial charge on any atom is 0.00506 e. The quantitative estimate of drug-likeness (QED) is 0.794. The number of piperidine rings is 1. The van der Waals surface area contributed by atoms with Crippen LogP contribution in [0.3, 0.4) is 0 Å². The molecule has 1 unspecified atom stereocenters. The van der Waals surface area contributed by atoms with E-state index in [0.29, 0.717) is 5.41 Å². The third-order valence-corrected chi connectivity index (χ3v) is 5.00. The third kappa shape index (κ3) is 4.44. The molecule has 0 amide bonds. The van der Waals surface area contributed by atoms with Gasteiger partial charge in [-0.25, -0.2) is 0 Å². The fourth-order valence-corrected chi connectivity index (χ4v) is 4.07. The Labute approximate surface area is 119 Å². The predicted molar refractivity (Wildman–Crippen MR) is 82.5 cm³/mol. The van der Waals surface area contributed by atoms with Crippen LogP contribution in [0.15, 0.2) is 0 Å². The van der Waals surface area contributed by atoms with Gasteiger partial charge in [-0.3, -0.25) is 0 Å². The molecule has 3 nitrogen and oxygen atoms in total. The molecule has 3 heteroatoms. The molecule has 0 spiro atoms. The summed E-state index contributed by atoms with van der Waals surface area (Å²) in [6, 6.07) is 0. The van der Waals surface area contributed by atoms with Gasteiger partial charge >= 0.3 is 0 Å². The van der Waals surface area contributed by atoms with Crippen LogP contribution in [0.4, 0.5) is 0 Å². The molecular formula is C16H33N3. The monoisotopic (exact) mass is 267 g/mol. The molecule has 0 aromatic heterocycles. The van der Waals surface area contributed by atoms with Crippen LogP contribution < -0.4 is 5.32 Å². The van der Waals surface area contributed by atoms with Crippen LogP contribution in [0.25, 0.3) is 0 Å². The van der Waals surface area contributed by atoms with E-state index in [1.807, 2.05) is 0 Å². The minimum Gasteiger partial charge on any atom is -0.316 e. The second-order valence-corrected chi connectivity index (χ2v) is 7.16. The fourth-order valence-electron chi connectivity index (χ4n) is 4.07. The van der Waals surface area contributed by atoms with E-state index >= 15 is 0 Å². The highest BCUT2D eigenvalue weighted by molar-refractivity contribution is 4.91. The van der Waals surface area contributed by atoms with Crippen molar-refractivity contribution in [2.75, 3.05) is 53.4 Å². The molecule has 2 aliphatic heterocycles. The summed E-state index contributed by atoms with van der Waals surface area (Å²) in [7, 11) is 4.40. The third-order valence-electron chi connectivity index (χ3n) is 5.00. The van der Waals surface area contributed by atoms with E-state index in [2.05, 4.69) is 36.1 Å². The SMILES string of the molecule is CCCC1(CN2CCC(CN(C)C)CC2)CCNC1. The average Bonchev–Trinajstić information content (AvgIpc) is 2.80. The van der Waals surface area contributed by atoms with Crippen molar-refractivity contribution < 1.29 is 0 Å². The molecule has 0 aliphatic carbocycles. The molecule has 0 saturated carbocycles. The molecule has 0 aromatic rings. The molecule has 2 rings (SSSR count). The van der Waals surface area contributed by atoms with Gasteiger partial charge in [-0.15, -0.1) is 0 Å². The van der Waals surface area contributed by atoms with Gasteiger partial charge in [-0.05, 0) is 70.7 Å². The molecule has 2 aliphatic rings. The number of rotatable bonds is 6. The zero-order valence-corrected chi connectivity index (χ0v) is 13.2. The lowest BCUT2D eigenvalue weighted by molar-refractivity contribution is 0.104. The van der Waals surface area contributed by atoms with Crippen molar-refractivity contribution in [3.63, 3.8) is 0 Å². The number of nitrogens with one attached hydrogen (secondary N) is 1. The smallest absolute Gasteiger partial charge is 0.00506 e. The first-order chi connectivity index (χ1) is 9.13. The van der Waals surface area contributed by atoms with E-state index in [-0.39, 0.29) is 0 Å². The average molecular weight is 267 g/mol. The molecule has 0 bridgehead atoms. The summed E-state index contributed by atoms with van der Waals surface area (Å²) in [6.07, 6.45) is 6.91. The van der Waals surface area contributed by atoms with E-state index in [0.717, 1.165) is 5.92 Å². The topological polar surface area (TPSA) is 18.5 Å². The van der Waals surface area contributed by atoms with Crippen molar-refractivity contribution in [1.29, 1.82) is 0 Å². The van der Waals surface area contributed by atoms with Gasteiger partial charge in [0.15, 0.2) is 0 Å². The Morgan fingerprint density at radius 2 is 2.00 bits per heavy atom. The Hall–Kier alpha value is -0.120. The van der Waals surface area contributed by atoms with Gasteiger partial charge in [-0.2, -0.15) is 0 Å². The summed E-state index contributed by atoms with van der Waals surface area (Å²) in [5.41, 5.74) is 0.586. The Kier molecular flexibility index (Phi) is 5.67. The van der Waals surface area contributed by atoms with Crippen LogP contribution in [0.1, 0.15) is 39.0 Å². The predicted octanol–water partition coefficient (Wildman–Crippen LogP) is 2.04. The van der Waals surface area contributed by atoms with Crippen molar-refractivity contribution >= 4 is 0 Å². The van der Waals surface area contributed by atoms with E-state index in [1.165, 1.54) is 71.4 Å². The number of nitrogens with zero attached hydrogens (tertiary/aromatic N) is 2. The highest BCUT2D eigenvalue weighted by atomic mass is 15.2. The van der Waals surface area contributed by atoms with Crippen LogP contribution in [0.5, 0.6) is 0 Å². The zero-order valence-electron chi connectivity index (χ0n) is 13.2. The van der Waals surface area contributed by atoms with Gasteiger partial charge in [0.2, 0.25) is 0 Å². The molecule has 112 valence electrons. The van der Waals surface area contributed by atoms with Gasteiger partial charge in [0.1, 0.15) is 0 Å². The molecule has 0 aromatic carbocycles. The van der Waals surface area contributed by atoms with E-state index in [4.69, 9.17) is 0 Å². The van der Waals surface area contributed by atoms with Crippen molar-refractivity contribution in [3.8, 4) is 0 Å². The number of hydrogen-bond donors (Lipinski definition) is 1. The summed E-state index contributed by atoms with van der Waals surface area (Å²) in [5.74, 6) is 0.926. The summed E-state index contributed by atoms with van der Waals surface area (Å²) < 4.78 is 0.